The van der Waals surface area contributed by atoms with Gasteiger partial charge in [-0.1, -0.05) is 6.07 Å². The third kappa shape index (κ3) is 6.12. The number of aromatic nitrogens is 1. The smallest absolute Gasteiger partial charge is 0.261 e. The summed E-state index contributed by atoms with van der Waals surface area (Å²) in [6, 6.07) is 13.0. The van der Waals surface area contributed by atoms with E-state index in [9.17, 15) is 21.6 Å². The van der Waals surface area contributed by atoms with Gasteiger partial charge in [-0.3, -0.25) is 18.8 Å². The van der Waals surface area contributed by atoms with Crippen molar-refractivity contribution < 1.29 is 21.6 Å². The molecule has 0 aliphatic rings. The highest BCUT2D eigenvalue weighted by molar-refractivity contribution is 7.92. The lowest BCUT2D eigenvalue weighted by Crippen LogP contribution is -2.45. The lowest BCUT2D eigenvalue weighted by atomic mass is 10.1. The number of aryl methyl sites for hydroxylation is 2. The quantitative estimate of drug-likeness (QED) is 0.487. The number of amides is 1. The van der Waals surface area contributed by atoms with Crippen LogP contribution in [0.25, 0.3) is 0 Å². The largest absolute Gasteiger partial charge is 0.324 e. The van der Waals surface area contributed by atoms with Gasteiger partial charge in [-0.15, -0.1) is 0 Å². The number of rotatable bonds is 8. The van der Waals surface area contributed by atoms with Gasteiger partial charge in [0.05, 0.1) is 28.7 Å². The summed E-state index contributed by atoms with van der Waals surface area (Å²) in [7, 11) is -7.61. The minimum Gasteiger partial charge on any atom is -0.324 e. The first-order chi connectivity index (χ1) is 15.9. The number of hydrogen-bond donors (Lipinski definition) is 2. The van der Waals surface area contributed by atoms with E-state index in [0.717, 1.165) is 21.7 Å². The van der Waals surface area contributed by atoms with E-state index in [4.69, 9.17) is 0 Å². The van der Waals surface area contributed by atoms with E-state index >= 15 is 0 Å². The molecule has 11 heteroatoms. The van der Waals surface area contributed by atoms with Crippen molar-refractivity contribution in [3.8, 4) is 0 Å². The molecule has 0 fully saturated rings. The molecule has 0 bridgehead atoms. The van der Waals surface area contributed by atoms with Crippen LogP contribution in [0.4, 0.5) is 17.1 Å². The number of anilines is 3. The minimum atomic E-state index is -3.84. The Kier molecular flexibility index (Phi) is 7.27. The average Bonchev–Trinajstić information content (AvgIpc) is 2.73. The Balaban J connectivity index is 1.78. The fourth-order valence-corrected chi connectivity index (χ4v) is 5.69. The lowest BCUT2D eigenvalue weighted by molar-refractivity contribution is -0.116. The number of nitrogens with one attached hydrogen (secondary N) is 2. The van der Waals surface area contributed by atoms with E-state index in [0.29, 0.717) is 17.1 Å². The molecule has 1 atom stereocenters. The number of carbonyl (C=O) groups is 1. The molecule has 9 nitrogen and oxygen atoms in total. The van der Waals surface area contributed by atoms with E-state index in [1.807, 2.05) is 19.9 Å². The Labute approximate surface area is 199 Å². The van der Waals surface area contributed by atoms with Crippen LogP contribution in [-0.4, -0.2) is 40.0 Å². The normalized spacial score (nSPS) is 12.6. The predicted molar refractivity (Wildman–Crippen MR) is 133 cm³/mol. The second kappa shape index (κ2) is 9.82. The van der Waals surface area contributed by atoms with Crippen molar-refractivity contribution in [3.63, 3.8) is 0 Å². The molecule has 2 N–H and O–H groups in total. The molecular weight excluding hydrogens is 476 g/mol. The number of benzene rings is 2. The Morgan fingerprint density at radius 1 is 0.941 bits per heavy atom. The van der Waals surface area contributed by atoms with Crippen molar-refractivity contribution in [2.75, 3.05) is 20.6 Å². The summed E-state index contributed by atoms with van der Waals surface area (Å²) < 4.78 is 53.7. The van der Waals surface area contributed by atoms with Gasteiger partial charge in [0.2, 0.25) is 15.9 Å². The SMILES string of the molecule is Cc1cc(C)cc(N([C@@H](C)C(=O)Nc2ccc(S(=O)(=O)Nc3cccnc3)cc2)S(C)(=O)=O)c1. The first-order valence-corrected chi connectivity index (χ1v) is 13.6. The Bertz CT molecular complexity index is 1370. The maximum Gasteiger partial charge on any atom is 0.261 e. The summed E-state index contributed by atoms with van der Waals surface area (Å²) in [6.45, 7) is 5.19. The molecule has 0 saturated heterocycles. The highest BCUT2D eigenvalue weighted by atomic mass is 32.2. The summed E-state index contributed by atoms with van der Waals surface area (Å²) in [6.07, 6.45) is 3.96. The molecule has 0 aliphatic heterocycles. The molecule has 0 saturated carbocycles. The number of carbonyl (C=O) groups excluding carboxylic acids is 1. The number of nitrogens with zero attached hydrogens (tertiary/aromatic N) is 2. The van der Waals surface area contributed by atoms with E-state index in [1.54, 1.807) is 24.3 Å². The van der Waals surface area contributed by atoms with Gasteiger partial charge in [-0.25, -0.2) is 16.8 Å². The Hall–Kier alpha value is -3.44. The van der Waals surface area contributed by atoms with Crippen LogP contribution < -0.4 is 14.3 Å². The third-order valence-electron chi connectivity index (χ3n) is 4.90. The van der Waals surface area contributed by atoms with Crippen molar-refractivity contribution in [2.45, 2.75) is 31.7 Å². The van der Waals surface area contributed by atoms with Crippen LogP contribution in [0.1, 0.15) is 18.1 Å². The Morgan fingerprint density at radius 2 is 1.56 bits per heavy atom. The number of sulfonamides is 2. The van der Waals surface area contributed by atoms with Crippen molar-refractivity contribution in [3.05, 3.63) is 78.1 Å². The minimum absolute atomic E-state index is 0.00426. The molecule has 0 aliphatic carbocycles. The van der Waals surface area contributed by atoms with Crippen molar-refractivity contribution in [2.24, 2.45) is 0 Å². The van der Waals surface area contributed by atoms with Crippen molar-refractivity contribution in [1.82, 2.24) is 4.98 Å². The third-order valence-corrected chi connectivity index (χ3v) is 7.53. The van der Waals surface area contributed by atoms with Gasteiger partial charge in [0, 0.05) is 11.9 Å². The fourth-order valence-electron chi connectivity index (χ4n) is 3.49. The highest BCUT2D eigenvalue weighted by Crippen LogP contribution is 2.25. The van der Waals surface area contributed by atoms with E-state index < -0.39 is 32.0 Å². The first kappa shape index (κ1) is 25.2. The molecule has 1 heterocycles. The van der Waals surface area contributed by atoms with Gasteiger partial charge < -0.3 is 5.32 Å². The summed E-state index contributed by atoms with van der Waals surface area (Å²) in [4.78, 5) is 16.8. The molecule has 0 unspecified atom stereocenters. The van der Waals surface area contributed by atoms with Crippen LogP contribution in [0.15, 0.2) is 71.9 Å². The van der Waals surface area contributed by atoms with Crippen LogP contribution in [0, 0.1) is 13.8 Å². The molecule has 1 amide bonds. The predicted octanol–water partition coefficient (Wildman–Crippen LogP) is 3.29. The van der Waals surface area contributed by atoms with Gasteiger partial charge in [0.15, 0.2) is 0 Å². The standard InChI is InChI=1S/C23H26N4O5S2/c1-16-12-17(2)14-21(13-16)27(33(4,29)30)18(3)23(28)25-19-7-9-22(10-8-19)34(31,32)26-20-6-5-11-24-15-20/h5-15,18,26H,1-4H3,(H,25,28)/t18-/m0/s1. The monoisotopic (exact) mass is 502 g/mol. The Morgan fingerprint density at radius 3 is 2.09 bits per heavy atom. The molecular formula is C23H26N4O5S2. The van der Waals surface area contributed by atoms with Crippen LogP contribution in [0.3, 0.4) is 0 Å². The van der Waals surface area contributed by atoms with Crippen molar-refractivity contribution in [1.29, 1.82) is 0 Å². The second-order valence-corrected chi connectivity index (χ2v) is 11.5. The van der Waals surface area contributed by atoms with Gasteiger partial charge in [0.25, 0.3) is 10.0 Å². The summed E-state index contributed by atoms with van der Waals surface area (Å²) >= 11 is 0. The average molecular weight is 503 g/mol. The molecule has 180 valence electrons. The second-order valence-electron chi connectivity index (χ2n) is 7.94. The van der Waals surface area contributed by atoms with E-state index in [-0.39, 0.29) is 4.90 Å². The van der Waals surface area contributed by atoms with Gasteiger partial charge in [0.1, 0.15) is 6.04 Å². The lowest BCUT2D eigenvalue weighted by Gasteiger charge is -2.28. The zero-order chi connectivity index (χ0) is 25.1. The number of pyridine rings is 1. The zero-order valence-electron chi connectivity index (χ0n) is 19.2. The van der Waals surface area contributed by atoms with E-state index in [1.165, 1.54) is 43.6 Å². The zero-order valence-corrected chi connectivity index (χ0v) is 20.8. The summed E-state index contributed by atoms with van der Waals surface area (Å²) in [5, 5.41) is 2.65. The maximum absolute atomic E-state index is 12.9. The molecule has 0 spiro atoms. The fraction of sp³-hybridized carbons (Fsp3) is 0.217. The summed E-state index contributed by atoms with van der Waals surface area (Å²) in [5.41, 5.74) is 2.78. The van der Waals surface area contributed by atoms with Crippen LogP contribution >= 0.6 is 0 Å². The molecule has 1 aromatic heterocycles. The van der Waals surface area contributed by atoms with Crippen LogP contribution in [0.5, 0.6) is 0 Å². The molecule has 0 radical (unpaired) electrons. The van der Waals surface area contributed by atoms with Gasteiger partial charge >= 0.3 is 0 Å². The molecule has 3 rings (SSSR count). The number of hydrogen-bond acceptors (Lipinski definition) is 6. The van der Waals surface area contributed by atoms with Crippen molar-refractivity contribution >= 4 is 43.0 Å². The van der Waals surface area contributed by atoms with Gasteiger partial charge in [-0.05, 0) is 80.4 Å². The van der Waals surface area contributed by atoms with Gasteiger partial charge in [-0.2, -0.15) is 0 Å². The molecule has 3 aromatic rings. The van der Waals surface area contributed by atoms with E-state index in [2.05, 4.69) is 15.0 Å². The van der Waals surface area contributed by atoms with Crippen LogP contribution in [0.2, 0.25) is 0 Å². The molecule has 2 aromatic carbocycles. The maximum atomic E-state index is 12.9. The summed E-state index contributed by atoms with van der Waals surface area (Å²) in [5.74, 6) is -0.561. The topological polar surface area (TPSA) is 126 Å². The van der Waals surface area contributed by atoms with Crippen LogP contribution in [-0.2, 0) is 24.8 Å². The highest BCUT2D eigenvalue weighted by Gasteiger charge is 2.29. The first-order valence-electron chi connectivity index (χ1n) is 10.3. The molecule has 34 heavy (non-hydrogen) atoms.